The van der Waals surface area contributed by atoms with Gasteiger partial charge in [-0.05, 0) is 101 Å². The molecule has 4 fully saturated rings. The van der Waals surface area contributed by atoms with E-state index >= 15 is 0 Å². The van der Waals surface area contributed by atoms with Crippen LogP contribution in [0.1, 0.15) is 130 Å². The summed E-state index contributed by atoms with van der Waals surface area (Å²) in [5.74, 6) is -0.882. The summed E-state index contributed by atoms with van der Waals surface area (Å²) < 4.78 is 52.6. The summed E-state index contributed by atoms with van der Waals surface area (Å²) in [4.78, 5) is 68.9. The van der Waals surface area contributed by atoms with Crippen molar-refractivity contribution in [1.82, 2.24) is 30.2 Å². The Bertz CT molecular complexity index is 2720. The normalized spacial score (nSPS) is 25.7. The lowest BCUT2D eigenvalue weighted by molar-refractivity contribution is -0.142. The number of allylic oxidation sites excluding steroid dienone is 1. The number of sulfonamides is 1. The van der Waals surface area contributed by atoms with Gasteiger partial charge in [-0.15, -0.1) is 0 Å². The minimum atomic E-state index is -4.04. The third kappa shape index (κ3) is 9.57. The zero-order valence-corrected chi connectivity index (χ0v) is 39.9. The number of aromatic nitrogens is 2. The Kier molecular flexibility index (Phi) is 12.5. The van der Waals surface area contributed by atoms with Crippen LogP contribution >= 0.6 is 0 Å². The van der Waals surface area contributed by atoms with E-state index in [-0.39, 0.29) is 48.8 Å². The monoisotopic (exact) mass is 938 g/mol. The van der Waals surface area contributed by atoms with E-state index in [0.717, 1.165) is 55.2 Å². The molecule has 5 aliphatic rings. The van der Waals surface area contributed by atoms with Crippen LogP contribution in [-0.2, 0) is 34.6 Å². The Labute approximate surface area is 391 Å². The van der Waals surface area contributed by atoms with Gasteiger partial charge in [0, 0.05) is 29.9 Å². The fourth-order valence-electron chi connectivity index (χ4n) is 9.93. The Morgan fingerprint density at radius 2 is 1.69 bits per heavy atom. The minimum Gasteiger partial charge on any atom is -0.497 e. The summed E-state index contributed by atoms with van der Waals surface area (Å²) in [7, 11) is -2.48. The van der Waals surface area contributed by atoms with E-state index in [1.54, 1.807) is 20.1 Å². The van der Waals surface area contributed by atoms with E-state index in [1.165, 1.54) is 4.90 Å². The average Bonchev–Trinajstić information content (AvgIpc) is 3.74. The second-order valence-corrected chi connectivity index (χ2v) is 22.6. The van der Waals surface area contributed by atoms with Crippen molar-refractivity contribution in [2.45, 2.75) is 164 Å². The fourth-order valence-corrected chi connectivity index (χ4v) is 11.3. The van der Waals surface area contributed by atoms with Crippen molar-refractivity contribution in [3.8, 4) is 23.0 Å². The number of carbonyl (C=O) groups excluding carboxylic acids is 4. The second kappa shape index (κ2) is 18.1. The van der Waals surface area contributed by atoms with Crippen molar-refractivity contribution in [1.29, 1.82) is 0 Å². The first-order chi connectivity index (χ1) is 31.9. The Morgan fingerprint density at radius 1 is 0.940 bits per heavy atom. The van der Waals surface area contributed by atoms with Crippen LogP contribution in [0.15, 0.2) is 58.5 Å². The highest BCUT2D eigenvalue weighted by atomic mass is 32.2. The number of hydrogen-bond donors (Lipinski definition) is 3. The molecule has 2 aromatic heterocycles. The summed E-state index contributed by atoms with van der Waals surface area (Å²) in [5.41, 5.74) is 2.40. The van der Waals surface area contributed by atoms with Gasteiger partial charge >= 0.3 is 6.09 Å². The molecule has 0 unspecified atom stereocenters. The molecule has 358 valence electrons. The van der Waals surface area contributed by atoms with E-state index in [1.807, 2.05) is 36.4 Å². The van der Waals surface area contributed by atoms with E-state index in [0.29, 0.717) is 66.6 Å². The maximum atomic E-state index is 15.0. The molecule has 2 bridgehead atoms. The van der Waals surface area contributed by atoms with Crippen molar-refractivity contribution in [2.75, 3.05) is 13.7 Å². The first-order valence-electron chi connectivity index (χ1n) is 23.8. The molecular formula is C50H62N6O10S. The standard InChI is InChI=1S/C50H62N6O10S/c1-48(2,3)32-18-16-31(17-19-32)42-52-40-36-21-20-34(63-5)27-39(36)66-41(40)44(53-42)64-35-26-38-43(57)54-50(46(59)55-67(61,62)49(4)24-25-49)23-22-30(28-50)12-8-6-7-9-15-37(45(58)56(38)29-35)51-47(60)65-33-13-10-11-14-33/h12,16-21,27,33,35,37-38H,6-11,13-15,22-26,28-29H2,1-5H3,(H,51,60)(H,54,57)(H,55,59)/b30-12-/t35-,37+,38+,50-/m1/s1. The highest BCUT2D eigenvalue weighted by molar-refractivity contribution is 7.91. The molecule has 3 N–H and O–H groups in total. The number of benzene rings is 2. The van der Waals surface area contributed by atoms with Crippen molar-refractivity contribution in [3.63, 3.8) is 0 Å². The molecule has 4 heterocycles. The summed E-state index contributed by atoms with van der Waals surface area (Å²) in [5, 5.41) is 6.55. The number of methoxy groups -OCH3 is 1. The lowest BCUT2D eigenvalue weighted by atomic mass is 9.87. The number of rotatable bonds is 9. The van der Waals surface area contributed by atoms with E-state index < -0.39 is 62.3 Å². The third-order valence-corrected chi connectivity index (χ3v) is 16.6. The van der Waals surface area contributed by atoms with Crippen LogP contribution in [-0.4, -0.2) is 95.3 Å². The van der Waals surface area contributed by atoms with Gasteiger partial charge in [0.15, 0.2) is 5.82 Å². The van der Waals surface area contributed by atoms with Crippen molar-refractivity contribution >= 4 is 55.9 Å². The van der Waals surface area contributed by atoms with Gasteiger partial charge in [0.1, 0.15) is 46.7 Å². The van der Waals surface area contributed by atoms with Crippen LogP contribution in [0.2, 0.25) is 0 Å². The van der Waals surface area contributed by atoms with Gasteiger partial charge in [0.2, 0.25) is 27.4 Å². The number of carbonyl (C=O) groups is 4. The first-order valence-corrected chi connectivity index (χ1v) is 25.3. The molecule has 0 spiro atoms. The predicted octanol–water partition coefficient (Wildman–Crippen LogP) is 7.66. The van der Waals surface area contributed by atoms with E-state index in [4.69, 9.17) is 28.6 Å². The Balaban J connectivity index is 1.08. The molecule has 67 heavy (non-hydrogen) atoms. The summed E-state index contributed by atoms with van der Waals surface area (Å²) in [6, 6.07) is 11.2. The number of hydrogen-bond acceptors (Lipinski definition) is 12. The molecule has 9 rings (SSSR count). The molecule has 3 saturated carbocycles. The Morgan fingerprint density at radius 3 is 2.40 bits per heavy atom. The lowest BCUT2D eigenvalue weighted by Gasteiger charge is -2.33. The van der Waals surface area contributed by atoms with Crippen LogP contribution in [0.25, 0.3) is 33.5 Å². The molecule has 3 aliphatic carbocycles. The number of alkyl carbamates (subject to hydrolysis) is 1. The largest absolute Gasteiger partial charge is 0.497 e. The van der Waals surface area contributed by atoms with Crippen LogP contribution in [0.5, 0.6) is 11.6 Å². The van der Waals surface area contributed by atoms with Gasteiger partial charge in [-0.2, -0.15) is 4.98 Å². The number of furan rings is 1. The number of nitrogens with zero attached hydrogens (tertiary/aromatic N) is 3. The summed E-state index contributed by atoms with van der Waals surface area (Å²) in [6.07, 6.45) is 8.56. The van der Waals surface area contributed by atoms with Crippen LogP contribution in [0.4, 0.5) is 4.79 Å². The quantitative estimate of drug-likeness (QED) is 0.138. The minimum absolute atomic E-state index is 0.0251. The molecule has 0 radical (unpaired) electrons. The number of nitrogens with one attached hydrogen (secondary N) is 3. The number of fused-ring (bicyclic) bond motifs is 6. The maximum absolute atomic E-state index is 15.0. The molecule has 17 heteroatoms. The zero-order chi connectivity index (χ0) is 47.3. The molecule has 4 atom stereocenters. The van der Waals surface area contributed by atoms with Gasteiger partial charge < -0.3 is 34.2 Å². The van der Waals surface area contributed by atoms with Crippen molar-refractivity contribution < 1.29 is 46.2 Å². The molecule has 1 saturated heterocycles. The van der Waals surface area contributed by atoms with Crippen LogP contribution in [0, 0.1) is 0 Å². The maximum Gasteiger partial charge on any atom is 0.408 e. The fraction of sp³-hybridized carbons (Fsp3) is 0.560. The number of ether oxygens (including phenoxy) is 3. The van der Waals surface area contributed by atoms with Gasteiger partial charge in [-0.25, -0.2) is 18.2 Å². The topological polar surface area (TPSA) is 208 Å². The van der Waals surface area contributed by atoms with Gasteiger partial charge in [-0.1, -0.05) is 69.5 Å². The molecule has 4 aromatic rings. The van der Waals surface area contributed by atoms with E-state index in [2.05, 4.69) is 42.2 Å². The molecule has 2 aromatic carbocycles. The summed E-state index contributed by atoms with van der Waals surface area (Å²) in [6.45, 7) is 7.93. The van der Waals surface area contributed by atoms with E-state index in [9.17, 15) is 27.6 Å². The zero-order valence-electron chi connectivity index (χ0n) is 39.1. The average molecular weight is 939 g/mol. The van der Waals surface area contributed by atoms with Gasteiger partial charge in [0.25, 0.3) is 11.8 Å². The van der Waals surface area contributed by atoms with Crippen LogP contribution < -0.4 is 24.8 Å². The Hall–Kier alpha value is -5.71. The second-order valence-electron chi connectivity index (χ2n) is 20.4. The first kappa shape index (κ1) is 46.4. The highest BCUT2D eigenvalue weighted by Crippen LogP contribution is 2.44. The van der Waals surface area contributed by atoms with Gasteiger partial charge in [-0.3, -0.25) is 19.1 Å². The van der Waals surface area contributed by atoms with Crippen molar-refractivity contribution in [2.24, 2.45) is 0 Å². The van der Waals surface area contributed by atoms with Crippen LogP contribution in [0.3, 0.4) is 0 Å². The molecule has 4 amide bonds. The highest BCUT2D eigenvalue weighted by Gasteiger charge is 2.55. The third-order valence-electron chi connectivity index (χ3n) is 14.5. The van der Waals surface area contributed by atoms with Gasteiger partial charge in [0.05, 0.1) is 18.4 Å². The molecule has 2 aliphatic heterocycles. The number of amides is 4. The summed E-state index contributed by atoms with van der Waals surface area (Å²) >= 11 is 0. The smallest absolute Gasteiger partial charge is 0.408 e. The van der Waals surface area contributed by atoms with Crippen molar-refractivity contribution in [3.05, 3.63) is 59.7 Å². The molecule has 16 nitrogen and oxygen atoms in total. The predicted molar refractivity (Wildman–Crippen MR) is 251 cm³/mol. The SMILES string of the molecule is COc1ccc2c(c1)oc1c(O[C@@H]3C[C@H]4C(=O)N[C@]5(C(=O)NS(=O)(=O)C6(C)CC6)CC/C(=C/CCCCC[C@H](NC(=O)OC6CCCC6)C(=O)N4C3)C5)nc(-c3ccc(C(C)(C)C)cc3)nc12. The molecular weight excluding hydrogens is 877 g/mol. The lowest BCUT2D eigenvalue weighted by Crippen LogP contribution is -2.62.